The molecule has 2 aromatic rings. The molecule has 0 spiro atoms. The van der Waals surface area contributed by atoms with Crippen molar-refractivity contribution in [2.45, 2.75) is 51.0 Å². The van der Waals surface area contributed by atoms with E-state index < -0.39 is 6.10 Å². The molecule has 1 fully saturated rings. The molecule has 1 saturated carbocycles. The quantitative estimate of drug-likeness (QED) is 0.926. The lowest BCUT2D eigenvalue weighted by Gasteiger charge is -2.22. The lowest BCUT2D eigenvalue weighted by atomic mass is 9.87. The van der Waals surface area contributed by atoms with Crippen molar-refractivity contribution in [2.24, 2.45) is 5.92 Å². The molecule has 0 aliphatic heterocycles. The number of hydrogen-bond acceptors (Lipinski definition) is 7. The topological polar surface area (TPSA) is 81.3 Å². The fourth-order valence-corrected chi connectivity index (χ4v) is 3.62. The van der Waals surface area contributed by atoms with E-state index in [4.69, 9.17) is 9.26 Å². The molecular weight excluding hydrogens is 302 g/mol. The summed E-state index contributed by atoms with van der Waals surface area (Å²) < 4.78 is 14.6. The largest absolute Gasteiger partial charge is 0.480 e. The highest BCUT2D eigenvalue weighted by atomic mass is 32.1. The van der Waals surface area contributed by atoms with Gasteiger partial charge in [0.2, 0.25) is 11.7 Å². The molecular formula is C15H21N3O3S. The Kier molecular flexibility index (Phi) is 5.04. The van der Waals surface area contributed by atoms with Crippen LogP contribution in [0.25, 0.3) is 11.4 Å². The van der Waals surface area contributed by atoms with Gasteiger partial charge in [-0.3, -0.25) is 0 Å². The van der Waals surface area contributed by atoms with Crippen LogP contribution in [0.3, 0.4) is 0 Å². The second kappa shape index (κ2) is 7.19. The maximum atomic E-state index is 10.6. The number of aliphatic hydroxyl groups is 1. The van der Waals surface area contributed by atoms with E-state index in [1.165, 1.54) is 30.8 Å². The average Bonchev–Trinajstić information content (AvgIpc) is 3.15. The van der Waals surface area contributed by atoms with E-state index >= 15 is 0 Å². The first-order chi connectivity index (χ1) is 10.8. The van der Waals surface area contributed by atoms with E-state index in [-0.39, 0.29) is 5.92 Å². The first kappa shape index (κ1) is 15.4. The van der Waals surface area contributed by atoms with Gasteiger partial charge < -0.3 is 14.4 Å². The van der Waals surface area contributed by atoms with Crippen molar-refractivity contribution in [1.82, 2.24) is 14.5 Å². The van der Waals surface area contributed by atoms with Crippen LogP contribution in [0.15, 0.2) is 9.90 Å². The Bertz CT molecular complexity index is 590. The molecule has 0 amide bonds. The Labute approximate surface area is 133 Å². The van der Waals surface area contributed by atoms with Crippen LogP contribution >= 0.6 is 11.5 Å². The number of ether oxygens (including phenoxy) is 1. The second-order valence-corrected chi connectivity index (χ2v) is 6.37. The Morgan fingerprint density at radius 2 is 2.00 bits per heavy atom. The molecule has 2 aromatic heterocycles. The number of aromatic nitrogens is 3. The van der Waals surface area contributed by atoms with Gasteiger partial charge in [0, 0.05) is 5.38 Å². The van der Waals surface area contributed by atoms with Gasteiger partial charge in [0.25, 0.3) is 5.89 Å². The van der Waals surface area contributed by atoms with Crippen molar-refractivity contribution < 1.29 is 14.4 Å². The number of nitrogens with zero attached hydrogens (tertiary/aromatic N) is 3. The summed E-state index contributed by atoms with van der Waals surface area (Å²) in [7, 11) is 1.56. The standard InChI is InChI=1S/C15H21N3O3S/c1-20-14-11(9-22-18-14)13-16-15(21-17-13)12(19)10-7-5-3-2-4-6-8-10/h9-10,12,19H,2-8H2,1H3. The Hall–Kier alpha value is -1.47. The van der Waals surface area contributed by atoms with Gasteiger partial charge in [-0.25, -0.2) is 0 Å². The SMILES string of the molecule is COc1nscc1-c1noc(C(O)C2CCCCCCC2)n1. The summed E-state index contributed by atoms with van der Waals surface area (Å²) in [4.78, 5) is 4.35. The van der Waals surface area contributed by atoms with Crippen LogP contribution in [0.1, 0.15) is 56.9 Å². The summed E-state index contributed by atoms with van der Waals surface area (Å²) in [6, 6.07) is 0. The predicted octanol–water partition coefficient (Wildman–Crippen LogP) is 3.60. The van der Waals surface area contributed by atoms with Gasteiger partial charge in [-0.15, -0.1) is 0 Å². The van der Waals surface area contributed by atoms with Crippen molar-refractivity contribution >= 4 is 11.5 Å². The Morgan fingerprint density at radius 3 is 2.73 bits per heavy atom. The molecule has 0 aromatic carbocycles. The Balaban J connectivity index is 1.74. The molecule has 7 heteroatoms. The van der Waals surface area contributed by atoms with Crippen molar-refractivity contribution in [3.8, 4) is 17.3 Å². The molecule has 2 heterocycles. The maximum absolute atomic E-state index is 10.6. The number of rotatable bonds is 4. The summed E-state index contributed by atoms with van der Waals surface area (Å²) in [6.45, 7) is 0. The third-order valence-corrected chi connectivity index (χ3v) is 4.87. The zero-order chi connectivity index (χ0) is 15.4. The smallest absolute Gasteiger partial charge is 0.256 e. The van der Waals surface area contributed by atoms with Gasteiger partial charge in [0.1, 0.15) is 6.10 Å². The van der Waals surface area contributed by atoms with Crippen LogP contribution in [0, 0.1) is 5.92 Å². The summed E-state index contributed by atoms with van der Waals surface area (Å²) in [5.41, 5.74) is 0.701. The van der Waals surface area contributed by atoms with Crippen LogP contribution in [0.4, 0.5) is 0 Å². The number of aliphatic hydroxyl groups excluding tert-OH is 1. The highest BCUT2D eigenvalue weighted by Gasteiger charge is 2.27. The molecule has 1 N–H and O–H groups in total. The molecule has 6 nitrogen and oxygen atoms in total. The van der Waals surface area contributed by atoms with E-state index in [2.05, 4.69) is 14.5 Å². The number of methoxy groups -OCH3 is 1. The lowest BCUT2D eigenvalue weighted by molar-refractivity contribution is 0.0605. The highest BCUT2D eigenvalue weighted by molar-refractivity contribution is 7.04. The minimum atomic E-state index is -0.683. The molecule has 0 bridgehead atoms. The van der Waals surface area contributed by atoms with Crippen LogP contribution in [-0.2, 0) is 0 Å². The monoisotopic (exact) mass is 323 g/mol. The van der Waals surface area contributed by atoms with Gasteiger partial charge in [-0.2, -0.15) is 9.36 Å². The van der Waals surface area contributed by atoms with Crippen molar-refractivity contribution in [1.29, 1.82) is 0 Å². The molecule has 3 rings (SSSR count). The summed E-state index contributed by atoms with van der Waals surface area (Å²) in [5.74, 6) is 1.41. The fraction of sp³-hybridized carbons (Fsp3) is 0.667. The molecule has 0 saturated heterocycles. The third-order valence-electron chi connectivity index (χ3n) is 4.26. The minimum absolute atomic E-state index is 0.205. The van der Waals surface area contributed by atoms with Gasteiger partial charge in [-0.05, 0) is 30.3 Å². The summed E-state index contributed by atoms with van der Waals surface area (Å²) in [5, 5.41) is 16.3. The molecule has 0 radical (unpaired) electrons. The van der Waals surface area contributed by atoms with Crippen molar-refractivity contribution in [3.63, 3.8) is 0 Å². The van der Waals surface area contributed by atoms with E-state index in [1.807, 2.05) is 5.38 Å². The summed E-state index contributed by atoms with van der Waals surface area (Å²) in [6.07, 6.45) is 7.46. The normalized spacial score (nSPS) is 18.6. The van der Waals surface area contributed by atoms with Crippen LogP contribution in [0.2, 0.25) is 0 Å². The highest BCUT2D eigenvalue weighted by Crippen LogP contribution is 2.34. The zero-order valence-electron chi connectivity index (χ0n) is 12.7. The molecule has 22 heavy (non-hydrogen) atoms. The molecule has 1 aliphatic rings. The van der Waals surface area contributed by atoms with E-state index in [1.54, 1.807) is 7.11 Å². The predicted molar refractivity (Wildman–Crippen MR) is 82.7 cm³/mol. The first-order valence-electron chi connectivity index (χ1n) is 7.80. The molecule has 120 valence electrons. The third kappa shape index (κ3) is 3.30. The van der Waals surface area contributed by atoms with Gasteiger partial charge in [-0.1, -0.05) is 37.3 Å². The maximum Gasteiger partial charge on any atom is 0.256 e. The van der Waals surface area contributed by atoms with E-state index in [0.29, 0.717) is 23.2 Å². The molecule has 1 atom stereocenters. The average molecular weight is 323 g/mol. The van der Waals surface area contributed by atoms with Gasteiger partial charge in [0.05, 0.1) is 12.7 Å². The lowest BCUT2D eigenvalue weighted by Crippen LogP contribution is -2.14. The Morgan fingerprint density at radius 1 is 1.27 bits per heavy atom. The van der Waals surface area contributed by atoms with Gasteiger partial charge >= 0.3 is 0 Å². The summed E-state index contributed by atoms with van der Waals surface area (Å²) >= 11 is 1.28. The minimum Gasteiger partial charge on any atom is -0.480 e. The van der Waals surface area contributed by atoms with E-state index in [0.717, 1.165) is 25.7 Å². The second-order valence-electron chi connectivity index (χ2n) is 5.74. The van der Waals surface area contributed by atoms with Crippen LogP contribution < -0.4 is 4.74 Å². The zero-order valence-corrected chi connectivity index (χ0v) is 13.5. The van der Waals surface area contributed by atoms with E-state index in [9.17, 15) is 5.11 Å². The molecule has 1 aliphatic carbocycles. The first-order valence-corrected chi connectivity index (χ1v) is 8.63. The fourth-order valence-electron chi connectivity index (χ4n) is 2.99. The van der Waals surface area contributed by atoms with Crippen LogP contribution in [-0.4, -0.2) is 26.7 Å². The van der Waals surface area contributed by atoms with Crippen molar-refractivity contribution in [3.05, 3.63) is 11.3 Å². The van der Waals surface area contributed by atoms with Crippen molar-refractivity contribution in [2.75, 3.05) is 7.11 Å². The van der Waals surface area contributed by atoms with Gasteiger partial charge in [0.15, 0.2) is 0 Å². The number of hydrogen-bond donors (Lipinski definition) is 1. The van der Waals surface area contributed by atoms with Crippen LogP contribution in [0.5, 0.6) is 5.88 Å². The molecule has 1 unspecified atom stereocenters.